The van der Waals surface area contributed by atoms with Gasteiger partial charge in [-0.15, -0.1) is 0 Å². The molecule has 0 heterocycles. The Morgan fingerprint density at radius 3 is 2.88 bits per heavy atom. The SMILES string of the molecule is CCOc1cc(/C=C(\C#N)C(=O)N[C@@H]2CCCC[C@H]2C)ccc1O. The third-order valence-electron chi connectivity index (χ3n) is 4.39. The Morgan fingerprint density at radius 2 is 2.21 bits per heavy atom. The van der Waals surface area contributed by atoms with Gasteiger partial charge < -0.3 is 15.2 Å². The normalized spacial score (nSPS) is 21.0. The number of ether oxygens (including phenoxy) is 1. The fourth-order valence-corrected chi connectivity index (χ4v) is 2.98. The summed E-state index contributed by atoms with van der Waals surface area (Å²) in [6, 6.07) is 6.85. The number of amides is 1. The number of carbonyl (C=O) groups excluding carboxylic acids is 1. The maximum Gasteiger partial charge on any atom is 0.262 e. The Kier molecular flexibility index (Phi) is 6.25. The standard InChI is InChI=1S/C19H24N2O3/c1-3-24-18-11-14(8-9-17(18)22)10-15(12-20)19(23)21-16-7-5-4-6-13(16)2/h8-11,13,16,22H,3-7H2,1-2H3,(H,21,23)/b15-10+/t13-,16-/m1/s1. The molecule has 128 valence electrons. The summed E-state index contributed by atoms with van der Waals surface area (Å²) in [5, 5.41) is 22.0. The minimum Gasteiger partial charge on any atom is -0.504 e. The van der Waals surface area contributed by atoms with Crippen LogP contribution in [0.5, 0.6) is 11.5 Å². The lowest BCUT2D eigenvalue weighted by Crippen LogP contribution is -2.41. The maximum absolute atomic E-state index is 12.4. The summed E-state index contributed by atoms with van der Waals surface area (Å²) in [5.74, 6) is 0.459. The Hall–Kier alpha value is -2.48. The smallest absolute Gasteiger partial charge is 0.262 e. The van der Waals surface area contributed by atoms with Gasteiger partial charge in [-0.25, -0.2) is 0 Å². The van der Waals surface area contributed by atoms with Crippen molar-refractivity contribution in [1.82, 2.24) is 5.32 Å². The van der Waals surface area contributed by atoms with Crippen LogP contribution in [0.1, 0.15) is 45.1 Å². The molecule has 1 fully saturated rings. The fraction of sp³-hybridized carbons (Fsp3) is 0.474. The van der Waals surface area contributed by atoms with Gasteiger partial charge in [0.2, 0.25) is 0 Å². The molecule has 0 spiro atoms. The molecular formula is C19H24N2O3. The lowest BCUT2D eigenvalue weighted by atomic mass is 9.86. The minimum atomic E-state index is -0.345. The number of phenols is 1. The lowest BCUT2D eigenvalue weighted by Gasteiger charge is -2.29. The number of aromatic hydroxyl groups is 1. The van der Waals surface area contributed by atoms with Gasteiger partial charge >= 0.3 is 0 Å². The molecular weight excluding hydrogens is 304 g/mol. The molecule has 24 heavy (non-hydrogen) atoms. The van der Waals surface area contributed by atoms with Crippen molar-refractivity contribution in [3.05, 3.63) is 29.3 Å². The van der Waals surface area contributed by atoms with Crippen molar-refractivity contribution in [2.45, 2.75) is 45.6 Å². The van der Waals surface area contributed by atoms with E-state index in [4.69, 9.17) is 4.74 Å². The molecule has 2 N–H and O–H groups in total. The highest BCUT2D eigenvalue weighted by atomic mass is 16.5. The van der Waals surface area contributed by atoms with Crippen LogP contribution in [0.3, 0.4) is 0 Å². The molecule has 1 aliphatic carbocycles. The van der Waals surface area contributed by atoms with Crippen molar-refractivity contribution >= 4 is 12.0 Å². The molecule has 2 atom stereocenters. The van der Waals surface area contributed by atoms with Gasteiger partial charge in [0, 0.05) is 6.04 Å². The Balaban J connectivity index is 2.15. The fourth-order valence-electron chi connectivity index (χ4n) is 2.98. The number of benzene rings is 1. The average Bonchev–Trinajstić information content (AvgIpc) is 2.57. The molecule has 0 aliphatic heterocycles. The second kappa shape index (κ2) is 8.39. The number of phenolic OH excluding ortho intramolecular Hbond substituents is 1. The molecule has 1 aromatic carbocycles. The van der Waals surface area contributed by atoms with E-state index in [0.29, 0.717) is 23.8 Å². The second-order valence-electron chi connectivity index (χ2n) is 6.17. The van der Waals surface area contributed by atoms with Crippen LogP contribution >= 0.6 is 0 Å². The summed E-state index contributed by atoms with van der Waals surface area (Å²) in [7, 11) is 0. The van der Waals surface area contributed by atoms with Crippen LogP contribution < -0.4 is 10.1 Å². The van der Waals surface area contributed by atoms with Crippen LogP contribution in [0, 0.1) is 17.2 Å². The van der Waals surface area contributed by atoms with Crippen LogP contribution in [0.15, 0.2) is 23.8 Å². The molecule has 1 aromatic rings. The molecule has 1 saturated carbocycles. The van der Waals surface area contributed by atoms with E-state index in [-0.39, 0.29) is 23.3 Å². The molecule has 0 aromatic heterocycles. The van der Waals surface area contributed by atoms with E-state index in [2.05, 4.69) is 12.2 Å². The maximum atomic E-state index is 12.4. The van der Waals surface area contributed by atoms with E-state index in [1.807, 2.05) is 13.0 Å². The monoisotopic (exact) mass is 328 g/mol. The van der Waals surface area contributed by atoms with Crippen molar-refractivity contribution in [3.63, 3.8) is 0 Å². The van der Waals surface area contributed by atoms with E-state index < -0.39 is 0 Å². The van der Waals surface area contributed by atoms with Crippen molar-refractivity contribution < 1.29 is 14.6 Å². The van der Waals surface area contributed by atoms with E-state index >= 15 is 0 Å². The molecule has 1 amide bonds. The highest BCUT2D eigenvalue weighted by Crippen LogP contribution is 2.28. The first kappa shape index (κ1) is 17.9. The van der Waals surface area contributed by atoms with Gasteiger partial charge in [-0.05, 0) is 49.5 Å². The second-order valence-corrected chi connectivity index (χ2v) is 6.17. The number of carbonyl (C=O) groups is 1. The number of nitriles is 1. The largest absolute Gasteiger partial charge is 0.504 e. The van der Waals surface area contributed by atoms with E-state index in [0.717, 1.165) is 19.3 Å². The number of nitrogens with zero attached hydrogens (tertiary/aromatic N) is 1. The third kappa shape index (κ3) is 4.51. The predicted molar refractivity (Wildman–Crippen MR) is 92.4 cm³/mol. The van der Waals surface area contributed by atoms with Crippen LogP contribution in [0.4, 0.5) is 0 Å². The summed E-state index contributed by atoms with van der Waals surface area (Å²) < 4.78 is 5.33. The quantitative estimate of drug-likeness (QED) is 0.641. The molecule has 0 bridgehead atoms. The molecule has 5 heteroatoms. The van der Waals surface area contributed by atoms with Gasteiger partial charge in [-0.2, -0.15) is 5.26 Å². The van der Waals surface area contributed by atoms with Crippen LogP contribution in [0.25, 0.3) is 6.08 Å². The topological polar surface area (TPSA) is 82.3 Å². The van der Waals surface area contributed by atoms with Gasteiger partial charge in [-0.1, -0.05) is 25.8 Å². The molecule has 0 unspecified atom stereocenters. The number of rotatable bonds is 5. The van der Waals surface area contributed by atoms with Crippen LogP contribution in [0.2, 0.25) is 0 Å². The van der Waals surface area contributed by atoms with Crippen LogP contribution in [-0.4, -0.2) is 23.7 Å². The van der Waals surface area contributed by atoms with Gasteiger partial charge in [0.05, 0.1) is 6.61 Å². The summed E-state index contributed by atoms with van der Waals surface area (Å²) in [4.78, 5) is 12.4. The highest BCUT2D eigenvalue weighted by Gasteiger charge is 2.24. The molecule has 0 radical (unpaired) electrons. The highest BCUT2D eigenvalue weighted by molar-refractivity contribution is 6.01. The van der Waals surface area contributed by atoms with E-state index in [1.165, 1.54) is 18.6 Å². The number of hydrogen-bond donors (Lipinski definition) is 2. The Morgan fingerprint density at radius 1 is 1.46 bits per heavy atom. The Labute approximate surface area is 142 Å². The van der Waals surface area contributed by atoms with Gasteiger partial charge in [-0.3, -0.25) is 4.79 Å². The number of nitrogens with one attached hydrogen (secondary N) is 1. The number of hydrogen-bond acceptors (Lipinski definition) is 4. The zero-order valence-corrected chi connectivity index (χ0v) is 14.2. The molecule has 1 aliphatic rings. The summed E-state index contributed by atoms with van der Waals surface area (Å²) in [5.41, 5.74) is 0.695. The van der Waals surface area contributed by atoms with E-state index in [9.17, 15) is 15.2 Å². The van der Waals surface area contributed by atoms with Gasteiger partial charge in [0.25, 0.3) is 5.91 Å². The third-order valence-corrected chi connectivity index (χ3v) is 4.39. The van der Waals surface area contributed by atoms with E-state index in [1.54, 1.807) is 12.1 Å². The summed E-state index contributed by atoms with van der Waals surface area (Å²) >= 11 is 0. The summed E-state index contributed by atoms with van der Waals surface area (Å²) in [6.07, 6.45) is 5.88. The first-order chi connectivity index (χ1) is 11.5. The van der Waals surface area contributed by atoms with Crippen LogP contribution in [-0.2, 0) is 4.79 Å². The minimum absolute atomic E-state index is 0.0352. The predicted octanol–water partition coefficient (Wildman–Crippen LogP) is 3.39. The van der Waals surface area contributed by atoms with Crippen molar-refractivity contribution in [2.75, 3.05) is 6.61 Å². The zero-order chi connectivity index (χ0) is 17.5. The van der Waals surface area contributed by atoms with Gasteiger partial charge in [0.15, 0.2) is 11.5 Å². The zero-order valence-electron chi connectivity index (χ0n) is 14.2. The van der Waals surface area contributed by atoms with Gasteiger partial charge in [0.1, 0.15) is 11.6 Å². The molecule has 5 nitrogen and oxygen atoms in total. The molecule has 2 rings (SSSR count). The van der Waals surface area contributed by atoms with Crippen molar-refractivity contribution in [3.8, 4) is 17.6 Å². The Bertz CT molecular complexity index is 661. The average molecular weight is 328 g/mol. The van der Waals surface area contributed by atoms with Crippen molar-refractivity contribution in [1.29, 1.82) is 5.26 Å². The first-order valence-electron chi connectivity index (χ1n) is 8.43. The summed E-state index contributed by atoms with van der Waals surface area (Å²) in [6.45, 7) is 4.38. The molecule has 0 saturated heterocycles. The van der Waals surface area contributed by atoms with Crippen molar-refractivity contribution in [2.24, 2.45) is 5.92 Å². The lowest BCUT2D eigenvalue weighted by molar-refractivity contribution is -0.118. The first-order valence-corrected chi connectivity index (χ1v) is 8.43.